The standard InChI is InChI=1S/C17H22N2/c1-14-5-7-15(8-6-14)12-19-10-9-16(13-19)11-18-17-3-2-4-17/h5-10,13,17-18H,2-4,11-12H2,1H3. The van der Waals surface area contributed by atoms with Crippen LogP contribution in [0, 0.1) is 6.92 Å². The van der Waals surface area contributed by atoms with E-state index >= 15 is 0 Å². The number of rotatable bonds is 5. The van der Waals surface area contributed by atoms with Gasteiger partial charge in [-0.05, 0) is 37.0 Å². The number of benzene rings is 1. The third-order valence-corrected chi connectivity index (χ3v) is 4.00. The van der Waals surface area contributed by atoms with E-state index in [1.165, 1.54) is 36.0 Å². The molecular weight excluding hydrogens is 232 g/mol. The van der Waals surface area contributed by atoms with Gasteiger partial charge < -0.3 is 9.88 Å². The van der Waals surface area contributed by atoms with Gasteiger partial charge in [0.25, 0.3) is 0 Å². The molecule has 1 fully saturated rings. The highest BCUT2D eigenvalue weighted by atomic mass is 15.0. The molecule has 1 saturated carbocycles. The predicted molar refractivity (Wildman–Crippen MR) is 79.2 cm³/mol. The molecule has 0 radical (unpaired) electrons. The van der Waals surface area contributed by atoms with Gasteiger partial charge in [-0.2, -0.15) is 0 Å². The minimum Gasteiger partial charge on any atom is -0.350 e. The molecule has 1 N–H and O–H groups in total. The van der Waals surface area contributed by atoms with Crippen molar-refractivity contribution in [2.75, 3.05) is 0 Å². The Hall–Kier alpha value is -1.54. The molecule has 0 unspecified atom stereocenters. The van der Waals surface area contributed by atoms with Crippen molar-refractivity contribution in [2.45, 2.75) is 45.3 Å². The molecule has 0 aliphatic heterocycles. The van der Waals surface area contributed by atoms with Gasteiger partial charge in [-0.25, -0.2) is 0 Å². The zero-order valence-electron chi connectivity index (χ0n) is 11.6. The first kappa shape index (κ1) is 12.5. The zero-order valence-corrected chi connectivity index (χ0v) is 11.6. The first-order chi connectivity index (χ1) is 9.29. The Bertz CT molecular complexity index is 520. The smallest absolute Gasteiger partial charge is 0.0470 e. The van der Waals surface area contributed by atoms with Crippen molar-refractivity contribution in [1.29, 1.82) is 0 Å². The quantitative estimate of drug-likeness (QED) is 0.864. The summed E-state index contributed by atoms with van der Waals surface area (Å²) in [6.45, 7) is 4.10. The molecule has 0 bridgehead atoms. The topological polar surface area (TPSA) is 17.0 Å². The summed E-state index contributed by atoms with van der Waals surface area (Å²) in [5, 5.41) is 3.61. The average molecular weight is 254 g/mol. The van der Waals surface area contributed by atoms with E-state index in [0.717, 1.165) is 19.1 Å². The van der Waals surface area contributed by atoms with Crippen molar-refractivity contribution in [3.8, 4) is 0 Å². The fraction of sp³-hybridized carbons (Fsp3) is 0.412. The highest BCUT2D eigenvalue weighted by Gasteiger charge is 2.16. The van der Waals surface area contributed by atoms with E-state index in [1.807, 2.05) is 0 Å². The fourth-order valence-corrected chi connectivity index (χ4v) is 2.47. The van der Waals surface area contributed by atoms with Gasteiger partial charge in [0.1, 0.15) is 0 Å². The SMILES string of the molecule is Cc1ccc(Cn2ccc(CNC3CCC3)c2)cc1. The Labute approximate surface area is 115 Å². The summed E-state index contributed by atoms with van der Waals surface area (Å²) in [4.78, 5) is 0. The minimum absolute atomic E-state index is 0.764. The van der Waals surface area contributed by atoms with Crippen molar-refractivity contribution < 1.29 is 0 Å². The second-order valence-electron chi connectivity index (χ2n) is 5.69. The Morgan fingerprint density at radius 1 is 1.11 bits per heavy atom. The summed E-state index contributed by atoms with van der Waals surface area (Å²) in [6.07, 6.45) is 8.53. The molecule has 0 atom stereocenters. The second-order valence-corrected chi connectivity index (χ2v) is 5.69. The van der Waals surface area contributed by atoms with Crippen molar-refractivity contribution >= 4 is 0 Å². The molecule has 1 aliphatic rings. The van der Waals surface area contributed by atoms with Crippen molar-refractivity contribution in [2.24, 2.45) is 0 Å². The van der Waals surface area contributed by atoms with Gasteiger partial charge in [0.15, 0.2) is 0 Å². The molecular formula is C17H22N2. The third kappa shape index (κ3) is 3.27. The van der Waals surface area contributed by atoms with Crippen LogP contribution in [0.15, 0.2) is 42.7 Å². The molecule has 1 heterocycles. The van der Waals surface area contributed by atoms with Crippen molar-refractivity contribution in [1.82, 2.24) is 9.88 Å². The first-order valence-electron chi connectivity index (χ1n) is 7.23. The van der Waals surface area contributed by atoms with E-state index in [0.29, 0.717) is 0 Å². The summed E-state index contributed by atoms with van der Waals surface area (Å²) in [5.41, 5.74) is 4.07. The van der Waals surface area contributed by atoms with Crippen LogP contribution in [0.4, 0.5) is 0 Å². The van der Waals surface area contributed by atoms with Gasteiger partial charge >= 0.3 is 0 Å². The van der Waals surface area contributed by atoms with E-state index in [2.05, 4.69) is 59.5 Å². The monoisotopic (exact) mass is 254 g/mol. The number of nitrogens with one attached hydrogen (secondary N) is 1. The average Bonchev–Trinajstić information content (AvgIpc) is 2.78. The van der Waals surface area contributed by atoms with Crippen LogP contribution < -0.4 is 5.32 Å². The molecule has 1 aromatic carbocycles. The molecule has 0 spiro atoms. The fourth-order valence-electron chi connectivity index (χ4n) is 2.47. The molecule has 2 heteroatoms. The lowest BCUT2D eigenvalue weighted by Gasteiger charge is -2.26. The predicted octanol–water partition coefficient (Wildman–Crippen LogP) is 3.49. The van der Waals surface area contributed by atoms with E-state index < -0.39 is 0 Å². The number of aromatic nitrogens is 1. The summed E-state index contributed by atoms with van der Waals surface area (Å²) in [7, 11) is 0. The number of hydrogen-bond acceptors (Lipinski definition) is 1. The number of hydrogen-bond donors (Lipinski definition) is 1. The Balaban J connectivity index is 1.56. The highest BCUT2D eigenvalue weighted by molar-refractivity contribution is 5.22. The summed E-state index contributed by atoms with van der Waals surface area (Å²) >= 11 is 0. The molecule has 100 valence electrons. The van der Waals surface area contributed by atoms with Crippen molar-refractivity contribution in [3.05, 3.63) is 59.4 Å². The first-order valence-corrected chi connectivity index (χ1v) is 7.23. The molecule has 3 rings (SSSR count). The van der Waals surface area contributed by atoms with Gasteiger partial charge in [0.2, 0.25) is 0 Å². The van der Waals surface area contributed by atoms with Gasteiger partial charge in [-0.1, -0.05) is 36.2 Å². The van der Waals surface area contributed by atoms with Crippen LogP contribution in [0.2, 0.25) is 0 Å². The van der Waals surface area contributed by atoms with E-state index in [4.69, 9.17) is 0 Å². The minimum atomic E-state index is 0.764. The second kappa shape index (κ2) is 5.62. The zero-order chi connectivity index (χ0) is 13.1. The largest absolute Gasteiger partial charge is 0.350 e. The molecule has 2 nitrogen and oxygen atoms in total. The molecule has 0 saturated heterocycles. The Morgan fingerprint density at radius 2 is 1.89 bits per heavy atom. The van der Waals surface area contributed by atoms with Crippen LogP contribution in [-0.2, 0) is 13.1 Å². The summed E-state index contributed by atoms with van der Waals surface area (Å²) in [6, 6.07) is 11.8. The molecule has 2 aromatic rings. The lowest BCUT2D eigenvalue weighted by Crippen LogP contribution is -2.34. The maximum absolute atomic E-state index is 3.61. The van der Waals surface area contributed by atoms with E-state index in [9.17, 15) is 0 Å². The Kier molecular flexibility index (Phi) is 3.69. The van der Waals surface area contributed by atoms with Crippen LogP contribution in [0.1, 0.15) is 36.0 Å². The van der Waals surface area contributed by atoms with Crippen LogP contribution in [0.3, 0.4) is 0 Å². The third-order valence-electron chi connectivity index (χ3n) is 4.00. The normalized spacial score (nSPS) is 15.4. The number of nitrogens with zero attached hydrogens (tertiary/aromatic N) is 1. The van der Waals surface area contributed by atoms with E-state index in [1.54, 1.807) is 0 Å². The van der Waals surface area contributed by atoms with Gasteiger partial charge in [-0.3, -0.25) is 0 Å². The Morgan fingerprint density at radius 3 is 2.58 bits per heavy atom. The van der Waals surface area contributed by atoms with Crippen LogP contribution in [-0.4, -0.2) is 10.6 Å². The molecule has 19 heavy (non-hydrogen) atoms. The van der Waals surface area contributed by atoms with Gasteiger partial charge in [0.05, 0.1) is 0 Å². The highest BCUT2D eigenvalue weighted by Crippen LogP contribution is 2.18. The van der Waals surface area contributed by atoms with Gasteiger partial charge in [-0.15, -0.1) is 0 Å². The lowest BCUT2D eigenvalue weighted by atomic mass is 9.93. The van der Waals surface area contributed by atoms with Crippen LogP contribution in [0.25, 0.3) is 0 Å². The number of aryl methyl sites for hydroxylation is 1. The maximum atomic E-state index is 3.61. The van der Waals surface area contributed by atoms with Crippen LogP contribution >= 0.6 is 0 Å². The maximum Gasteiger partial charge on any atom is 0.0470 e. The molecule has 1 aromatic heterocycles. The van der Waals surface area contributed by atoms with Crippen LogP contribution in [0.5, 0.6) is 0 Å². The van der Waals surface area contributed by atoms with Crippen molar-refractivity contribution in [3.63, 3.8) is 0 Å². The summed E-state index contributed by atoms with van der Waals surface area (Å²) < 4.78 is 2.27. The van der Waals surface area contributed by atoms with Gasteiger partial charge in [0, 0.05) is 31.5 Å². The van der Waals surface area contributed by atoms with E-state index in [-0.39, 0.29) is 0 Å². The summed E-state index contributed by atoms with van der Waals surface area (Å²) in [5.74, 6) is 0. The molecule has 1 aliphatic carbocycles. The molecule has 0 amide bonds. The lowest BCUT2D eigenvalue weighted by molar-refractivity contribution is 0.338.